The van der Waals surface area contributed by atoms with Gasteiger partial charge in [-0.15, -0.1) is 0 Å². The molecular formula is C24H24ClN3O5S. The minimum absolute atomic E-state index is 0.101. The maximum Gasteiger partial charge on any atom is 0.259 e. The van der Waals surface area contributed by atoms with Crippen LogP contribution in [0.5, 0.6) is 5.75 Å². The standard InChI is InChI=1S/C24H24ClN3O5S/c1-16(29)26-22-14-23(33-3)20(13-21(22)25)24(30)27-18-9-11-19(12-10-18)34(31,32)28(2)15-17-7-5-4-6-8-17/h4-14H,15H2,1-3H3,(H,26,29)(H,27,30). The summed E-state index contributed by atoms with van der Waals surface area (Å²) in [5.74, 6) is -0.608. The summed E-state index contributed by atoms with van der Waals surface area (Å²) >= 11 is 6.19. The number of sulfonamides is 1. The number of halogens is 1. The third kappa shape index (κ3) is 5.93. The molecule has 34 heavy (non-hydrogen) atoms. The Bertz CT molecular complexity index is 1300. The molecule has 0 saturated carbocycles. The zero-order valence-corrected chi connectivity index (χ0v) is 20.4. The molecule has 3 aromatic carbocycles. The van der Waals surface area contributed by atoms with Crippen LogP contribution in [-0.4, -0.2) is 38.7 Å². The maximum atomic E-state index is 12.9. The summed E-state index contributed by atoms with van der Waals surface area (Å²) in [5, 5.41) is 5.43. The highest BCUT2D eigenvalue weighted by atomic mass is 35.5. The van der Waals surface area contributed by atoms with Crippen molar-refractivity contribution < 1.29 is 22.7 Å². The topological polar surface area (TPSA) is 105 Å². The van der Waals surface area contributed by atoms with Crippen molar-refractivity contribution in [1.29, 1.82) is 0 Å². The lowest BCUT2D eigenvalue weighted by atomic mass is 10.1. The largest absolute Gasteiger partial charge is 0.496 e. The molecule has 8 nitrogen and oxygen atoms in total. The zero-order chi connectivity index (χ0) is 24.9. The van der Waals surface area contributed by atoms with Crippen molar-refractivity contribution in [3.05, 3.63) is 82.9 Å². The van der Waals surface area contributed by atoms with Gasteiger partial charge in [0.2, 0.25) is 15.9 Å². The number of amides is 2. The average Bonchev–Trinajstić information content (AvgIpc) is 2.80. The summed E-state index contributed by atoms with van der Waals surface area (Å²) in [6, 6.07) is 18.0. The molecule has 0 aliphatic carbocycles. The zero-order valence-electron chi connectivity index (χ0n) is 18.8. The Morgan fingerprint density at radius 1 is 1.00 bits per heavy atom. The summed E-state index contributed by atoms with van der Waals surface area (Å²) < 4.78 is 32.3. The van der Waals surface area contributed by atoms with Gasteiger partial charge in [0.25, 0.3) is 5.91 Å². The number of carbonyl (C=O) groups excluding carboxylic acids is 2. The van der Waals surface area contributed by atoms with Crippen molar-refractivity contribution in [3.8, 4) is 5.75 Å². The Balaban J connectivity index is 1.76. The van der Waals surface area contributed by atoms with Crippen LogP contribution in [0, 0.1) is 0 Å². The lowest BCUT2D eigenvalue weighted by molar-refractivity contribution is -0.114. The number of rotatable bonds is 8. The molecule has 0 fully saturated rings. The highest BCUT2D eigenvalue weighted by molar-refractivity contribution is 7.89. The van der Waals surface area contributed by atoms with Gasteiger partial charge in [0.1, 0.15) is 5.75 Å². The first kappa shape index (κ1) is 25.2. The SMILES string of the molecule is COc1cc(NC(C)=O)c(Cl)cc1C(=O)Nc1ccc(S(=O)(=O)N(C)Cc2ccccc2)cc1. The van der Waals surface area contributed by atoms with Gasteiger partial charge in [-0.1, -0.05) is 41.9 Å². The summed E-state index contributed by atoms with van der Waals surface area (Å²) in [7, 11) is -0.812. The number of ether oxygens (including phenoxy) is 1. The summed E-state index contributed by atoms with van der Waals surface area (Å²) in [4.78, 5) is 24.2. The molecule has 0 saturated heterocycles. The maximum absolute atomic E-state index is 12.9. The van der Waals surface area contributed by atoms with Crippen LogP contribution in [0.4, 0.5) is 11.4 Å². The monoisotopic (exact) mass is 501 g/mol. The highest BCUT2D eigenvalue weighted by Crippen LogP contribution is 2.31. The molecule has 0 unspecified atom stereocenters. The number of nitrogens with one attached hydrogen (secondary N) is 2. The predicted octanol–water partition coefficient (Wildman–Crippen LogP) is 4.38. The minimum atomic E-state index is -3.72. The molecule has 0 bridgehead atoms. The van der Waals surface area contributed by atoms with Gasteiger partial charge < -0.3 is 15.4 Å². The number of benzene rings is 3. The van der Waals surface area contributed by atoms with E-state index in [4.69, 9.17) is 16.3 Å². The van der Waals surface area contributed by atoms with E-state index in [1.165, 1.54) is 61.8 Å². The molecule has 0 spiro atoms. The molecule has 10 heteroatoms. The van der Waals surface area contributed by atoms with Crippen LogP contribution >= 0.6 is 11.6 Å². The number of carbonyl (C=O) groups is 2. The quantitative estimate of drug-likeness (QED) is 0.476. The second-order valence-electron chi connectivity index (χ2n) is 7.44. The smallest absolute Gasteiger partial charge is 0.259 e. The Labute approximate surface area is 203 Å². The van der Waals surface area contributed by atoms with Gasteiger partial charge in [0.15, 0.2) is 0 Å². The van der Waals surface area contributed by atoms with E-state index in [1.54, 1.807) is 0 Å². The van der Waals surface area contributed by atoms with E-state index >= 15 is 0 Å². The molecule has 3 rings (SSSR count). The highest BCUT2D eigenvalue weighted by Gasteiger charge is 2.21. The van der Waals surface area contributed by atoms with Gasteiger partial charge in [-0.2, -0.15) is 4.31 Å². The fourth-order valence-corrected chi connectivity index (χ4v) is 4.57. The predicted molar refractivity (Wildman–Crippen MR) is 132 cm³/mol. The van der Waals surface area contributed by atoms with E-state index in [9.17, 15) is 18.0 Å². The first-order valence-electron chi connectivity index (χ1n) is 10.2. The fraction of sp³-hybridized carbons (Fsp3) is 0.167. The van der Waals surface area contributed by atoms with Crippen molar-refractivity contribution in [2.24, 2.45) is 0 Å². The van der Waals surface area contributed by atoms with Crippen molar-refractivity contribution >= 4 is 44.8 Å². The third-order valence-corrected chi connectivity index (χ3v) is 7.04. The normalized spacial score (nSPS) is 11.2. The molecule has 0 aliphatic rings. The van der Waals surface area contributed by atoms with E-state index in [2.05, 4.69) is 10.6 Å². The van der Waals surface area contributed by atoms with Crippen LogP contribution in [0.25, 0.3) is 0 Å². The van der Waals surface area contributed by atoms with Crippen molar-refractivity contribution in [2.75, 3.05) is 24.8 Å². The Morgan fingerprint density at radius 3 is 2.24 bits per heavy atom. The van der Waals surface area contributed by atoms with Crippen LogP contribution in [0.1, 0.15) is 22.8 Å². The van der Waals surface area contributed by atoms with Gasteiger partial charge in [-0.25, -0.2) is 8.42 Å². The first-order valence-corrected chi connectivity index (χ1v) is 12.0. The van der Waals surface area contributed by atoms with Crippen LogP contribution in [0.2, 0.25) is 5.02 Å². The fourth-order valence-electron chi connectivity index (χ4n) is 3.20. The second-order valence-corrected chi connectivity index (χ2v) is 9.89. The van der Waals surface area contributed by atoms with Gasteiger partial charge >= 0.3 is 0 Å². The van der Waals surface area contributed by atoms with Crippen LogP contribution in [0.3, 0.4) is 0 Å². The first-order chi connectivity index (χ1) is 16.1. The van der Waals surface area contributed by atoms with Crippen molar-refractivity contribution in [3.63, 3.8) is 0 Å². The molecule has 2 amide bonds. The summed E-state index contributed by atoms with van der Waals surface area (Å²) in [5.41, 5.74) is 1.73. The van der Waals surface area contributed by atoms with Gasteiger partial charge in [-0.05, 0) is 35.9 Å². The minimum Gasteiger partial charge on any atom is -0.496 e. The van der Waals surface area contributed by atoms with Crippen molar-refractivity contribution in [1.82, 2.24) is 4.31 Å². The Kier molecular flexibility index (Phi) is 7.93. The van der Waals surface area contributed by atoms with E-state index in [-0.39, 0.29) is 33.7 Å². The molecule has 178 valence electrons. The van der Waals surface area contributed by atoms with Crippen LogP contribution in [-0.2, 0) is 21.4 Å². The summed E-state index contributed by atoms with van der Waals surface area (Å²) in [6.45, 7) is 1.57. The number of anilines is 2. The second kappa shape index (κ2) is 10.7. The van der Waals surface area contributed by atoms with Gasteiger partial charge in [-0.3, -0.25) is 9.59 Å². The van der Waals surface area contributed by atoms with Gasteiger partial charge in [0.05, 0.1) is 28.3 Å². The number of hydrogen-bond acceptors (Lipinski definition) is 5. The molecule has 0 aromatic heterocycles. The molecule has 0 radical (unpaired) electrons. The Hall–Kier alpha value is -3.40. The average molecular weight is 502 g/mol. The number of nitrogens with zero attached hydrogens (tertiary/aromatic N) is 1. The number of methoxy groups -OCH3 is 1. The van der Waals surface area contributed by atoms with Crippen molar-refractivity contribution in [2.45, 2.75) is 18.4 Å². The Morgan fingerprint density at radius 2 is 1.65 bits per heavy atom. The molecule has 0 heterocycles. The number of hydrogen-bond donors (Lipinski definition) is 2. The van der Waals surface area contributed by atoms with E-state index in [0.29, 0.717) is 11.4 Å². The van der Waals surface area contributed by atoms with Crippen LogP contribution in [0.15, 0.2) is 71.6 Å². The summed E-state index contributed by atoms with van der Waals surface area (Å²) in [6.07, 6.45) is 0. The van der Waals surface area contributed by atoms with E-state index < -0.39 is 15.9 Å². The molecule has 0 atom stereocenters. The molecular weight excluding hydrogens is 478 g/mol. The van der Waals surface area contributed by atoms with Crippen LogP contribution < -0.4 is 15.4 Å². The molecule has 3 aromatic rings. The van der Waals surface area contributed by atoms with E-state index in [1.807, 2.05) is 30.3 Å². The lowest BCUT2D eigenvalue weighted by Gasteiger charge is -2.18. The van der Waals surface area contributed by atoms with E-state index in [0.717, 1.165) is 5.56 Å². The van der Waals surface area contributed by atoms with Gasteiger partial charge in [0, 0.05) is 32.3 Å². The lowest BCUT2D eigenvalue weighted by Crippen LogP contribution is -2.26. The third-order valence-electron chi connectivity index (χ3n) is 4.91. The molecule has 0 aliphatic heterocycles. The molecule has 2 N–H and O–H groups in total.